The molecule has 3 nitrogen and oxygen atoms in total. The van der Waals surface area contributed by atoms with Crippen LogP contribution in [0.1, 0.15) is 27.9 Å². The second kappa shape index (κ2) is 7.23. The third kappa shape index (κ3) is 3.14. The number of carbonyl (C=O) groups is 1. The molecular formula is C16H20ClNO2S2. The minimum absolute atomic E-state index is 0. The Kier molecular flexibility index (Phi) is 5.80. The average Bonchev–Trinajstić information content (AvgIpc) is 3.20. The van der Waals surface area contributed by atoms with Gasteiger partial charge in [-0.2, -0.15) is 0 Å². The number of ketones is 1. The van der Waals surface area contributed by atoms with Crippen LogP contribution in [0, 0.1) is 5.92 Å². The highest BCUT2D eigenvalue weighted by Gasteiger charge is 2.49. The topological polar surface area (TPSA) is 41.7 Å². The normalized spacial score (nSPS) is 28.1. The lowest BCUT2D eigenvalue weighted by atomic mass is 9.77. The van der Waals surface area contributed by atoms with Gasteiger partial charge in [0.1, 0.15) is 11.5 Å². The van der Waals surface area contributed by atoms with E-state index >= 15 is 0 Å². The van der Waals surface area contributed by atoms with Crippen LogP contribution in [0.15, 0.2) is 35.0 Å². The van der Waals surface area contributed by atoms with Crippen LogP contribution in [-0.2, 0) is 5.60 Å². The molecule has 2 aromatic rings. The molecular weight excluding hydrogens is 338 g/mol. The first-order valence-electron chi connectivity index (χ1n) is 7.32. The average molecular weight is 358 g/mol. The summed E-state index contributed by atoms with van der Waals surface area (Å²) in [5, 5.41) is 15.1. The van der Waals surface area contributed by atoms with E-state index < -0.39 is 5.60 Å². The molecule has 3 rings (SSSR count). The monoisotopic (exact) mass is 357 g/mol. The third-order valence-corrected chi connectivity index (χ3v) is 6.38. The summed E-state index contributed by atoms with van der Waals surface area (Å²) in [7, 11) is 0. The lowest BCUT2D eigenvalue weighted by Gasteiger charge is -2.40. The molecule has 6 heteroatoms. The number of Topliss-reactive ketones (excluding diaryl/α,β-unsaturated/α-hetero) is 1. The van der Waals surface area contributed by atoms with Gasteiger partial charge in [0.15, 0.2) is 5.78 Å². The number of piperidine rings is 1. The number of halogens is 1. The zero-order valence-electron chi connectivity index (χ0n) is 12.4. The van der Waals surface area contributed by atoms with Gasteiger partial charge in [-0.15, -0.1) is 22.7 Å². The van der Waals surface area contributed by atoms with E-state index in [-0.39, 0.29) is 24.1 Å². The number of aliphatic hydroxyl groups is 1. The third-order valence-electron chi connectivity index (χ3n) is 4.46. The van der Waals surface area contributed by atoms with Crippen LogP contribution in [0.3, 0.4) is 0 Å². The van der Waals surface area contributed by atoms with Crippen LogP contribution in [0.25, 0.3) is 0 Å². The van der Waals surface area contributed by atoms with Crippen LogP contribution < -0.4 is 17.3 Å². The van der Waals surface area contributed by atoms with Gasteiger partial charge in [0.25, 0.3) is 0 Å². The predicted molar refractivity (Wildman–Crippen MR) is 86.2 cm³/mol. The Morgan fingerprint density at radius 2 is 2.09 bits per heavy atom. The van der Waals surface area contributed by atoms with Crippen molar-refractivity contribution < 1.29 is 27.2 Å². The summed E-state index contributed by atoms with van der Waals surface area (Å²) in [6.45, 7) is 4.76. The summed E-state index contributed by atoms with van der Waals surface area (Å²) in [6, 6.07) is 7.66. The smallest absolute Gasteiger partial charge is 0.184 e. The molecule has 0 amide bonds. The molecule has 0 bridgehead atoms. The molecule has 3 atom stereocenters. The number of hydrogen-bond donors (Lipinski definition) is 2. The van der Waals surface area contributed by atoms with Gasteiger partial charge in [0, 0.05) is 11.3 Å². The zero-order chi connectivity index (χ0) is 14.9. The Balaban J connectivity index is 0.00000176. The summed E-state index contributed by atoms with van der Waals surface area (Å²) >= 11 is 3.01. The molecule has 0 aliphatic carbocycles. The fraction of sp³-hybridized carbons (Fsp3) is 0.438. The number of thiophene rings is 2. The number of rotatable bonds is 4. The van der Waals surface area contributed by atoms with Gasteiger partial charge in [-0.25, -0.2) is 0 Å². The van der Waals surface area contributed by atoms with Crippen molar-refractivity contribution in [2.75, 3.05) is 19.6 Å². The molecule has 1 saturated heterocycles. The van der Waals surface area contributed by atoms with E-state index in [0.29, 0.717) is 13.0 Å². The Bertz CT molecular complexity index is 600. The molecule has 2 N–H and O–H groups in total. The number of likely N-dealkylation sites (tertiary alicyclic amines) is 1. The quantitative estimate of drug-likeness (QED) is 0.676. The van der Waals surface area contributed by atoms with E-state index in [1.165, 1.54) is 16.2 Å². The Morgan fingerprint density at radius 1 is 1.36 bits per heavy atom. The van der Waals surface area contributed by atoms with Gasteiger partial charge in [-0.3, -0.25) is 4.79 Å². The van der Waals surface area contributed by atoms with Gasteiger partial charge >= 0.3 is 0 Å². The van der Waals surface area contributed by atoms with Crippen molar-refractivity contribution in [2.45, 2.75) is 18.9 Å². The first-order valence-corrected chi connectivity index (χ1v) is 9.08. The van der Waals surface area contributed by atoms with E-state index in [1.807, 2.05) is 35.0 Å². The van der Waals surface area contributed by atoms with E-state index in [2.05, 4.69) is 6.92 Å². The van der Waals surface area contributed by atoms with Crippen molar-refractivity contribution in [2.24, 2.45) is 5.92 Å². The van der Waals surface area contributed by atoms with Gasteiger partial charge in [-0.05, 0) is 29.8 Å². The van der Waals surface area contributed by atoms with Crippen LogP contribution in [-0.4, -0.2) is 30.5 Å². The van der Waals surface area contributed by atoms with Crippen molar-refractivity contribution in [3.63, 3.8) is 0 Å². The van der Waals surface area contributed by atoms with E-state index in [0.717, 1.165) is 22.8 Å². The fourth-order valence-electron chi connectivity index (χ4n) is 3.14. The van der Waals surface area contributed by atoms with Crippen molar-refractivity contribution in [1.82, 2.24) is 0 Å². The Labute approximate surface area is 145 Å². The minimum atomic E-state index is -1.01. The van der Waals surface area contributed by atoms with Gasteiger partial charge in [0.2, 0.25) is 0 Å². The molecule has 2 aromatic heterocycles. The maximum atomic E-state index is 12.9. The highest BCUT2D eigenvalue weighted by Crippen LogP contribution is 2.38. The van der Waals surface area contributed by atoms with Crippen LogP contribution in [0.4, 0.5) is 0 Å². The summed E-state index contributed by atoms with van der Waals surface area (Å²) in [5.41, 5.74) is -1.01. The van der Waals surface area contributed by atoms with Gasteiger partial charge in [-0.1, -0.05) is 12.1 Å². The summed E-state index contributed by atoms with van der Waals surface area (Å²) in [6.07, 6.45) is 0.651. The Hall–Kier alpha value is -0.720. The summed E-state index contributed by atoms with van der Waals surface area (Å²) < 4.78 is 0. The molecule has 1 aliphatic rings. The van der Waals surface area contributed by atoms with Crippen molar-refractivity contribution >= 4 is 28.5 Å². The first-order chi connectivity index (χ1) is 10.1. The maximum Gasteiger partial charge on any atom is 0.184 e. The van der Waals surface area contributed by atoms with Gasteiger partial charge < -0.3 is 22.4 Å². The van der Waals surface area contributed by atoms with Crippen LogP contribution in [0.5, 0.6) is 0 Å². The lowest BCUT2D eigenvalue weighted by Crippen LogP contribution is -3.14. The van der Waals surface area contributed by atoms with E-state index in [1.54, 1.807) is 11.3 Å². The largest absolute Gasteiger partial charge is 1.00 e. The van der Waals surface area contributed by atoms with Crippen LogP contribution in [0.2, 0.25) is 0 Å². The molecule has 22 heavy (non-hydrogen) atoms. The number of hydrogen-bond acceptors (Lipinski definition) is 4. The second-order valence-electron chi connectivity index (χ2n) is 5.60. The van der Waals surface area contributed by atoms with Crippen molar-refractivity contribution in [1.29, 1.82) is 0 Å². The van der Waals surface area contributed by atoms with Gasteiger partial charge in [0.05, 0.1) is 24.5 Å². The predicted octanol–water partition coefficient (Wildman–Crippen LogP) is -1.19. The molecule has 0 radical (unpaired) electrons. The molecule has 0 saturated carbocycles. The second-order valence-corrected chi connectivity index (χ2v) is 7.50. The minimum Gasteiger partial charge on any atom is -1.00 e. The number of carbonyl (C=O) groups excluding carboxylic acids is 1. The van der Waals surface area contributed by atoms with Crippen molar-refractivity contribution in [3.8, 4) is 0 Å². The maximum absolute atomic E-state index is 12.9. The van der Waals surface area contributed by atoms with Crippen LogP contribution >= 0.6 is 22.7 Å². The molecule has 0 spiro atoms. The highest BCUT2D eigenvalue weighted by molar-refractivity contribution is 7.12. The summed E-state index contributed by atoms with van der Waals surface area (Å²) in [4.78, 5) is 15.9. The standard InChI is InChI=1S/C16H19NO2S2.ClH/c1-2-17-8-7-16(19,14-6-4-10-21-14)12(11-17)15(18)13-5-3-9-20-13;/h3-6,9-10,12,19H,2,7-8,11H2,1H3;1H. The Morgan fingerprint density at radius 3 is 2.68 bits per heavy atom. The molecule has 3 unspecified atom stereocenters. The molecule has 1 fully saturated rings. The SMILES string of the molecule is CC[NH+]1CCC(O)(c2cccs2)C(C(=O)c2cccs2)C1.[Cl-]. The molecule has 120 valence electrons. The molecule has 0 aromatic carbocycles. The number of quaternary nitrogens is 1. The van der Waals surface area contributed by atoms with E-state index in [4.69, 9.17) is 0 Å². The van der Waals surface area contributed by atoms with Crippen molar-refractivity contribution in [3.05, 3.63) is 44.8 Å². The van der Waals surface area contributed by atoms with E-state index in [9.17, 15) is 9.90 Å². The first kappa shape index (κ1) is 17.6. The lowest BCUT2D eigenvalue weighted by molar-refractivity contribution is -0.908. The highest BCUT2D eigenvalue weighted by atomic mass is 35.5. The fourth-order valence-corrected chi connectivity index (χ4v) is 4.77. The zero-order valence-corrected chi connectivity index (χ0v) is 14.8. The summed E-state index contributed by atoms with van der Waals surface area (Å²) in [5.74, 6) is -0.259. The number of nitrogens with one attached hydrogen (secondary N) is 1. The molecule has 3 heterocycles. The molecule has 1 aliphatic heterocycles.